The number of nitrogens with one attached hydrogen (secondary N) is 1. The number of imidazole rings is 2. The number of fused-ring (bicyclic) bond motifs is 2. The molecular weight excluding hydrogens is 493 g/mol. The van der Waals surface area contributed by atoms with Crippen molar-refractivity contribution >= 4 is 28.0 Å². The van der Waals surface area contributed by atoms with Gasteiger partial charge < -0.3 is 19.4 Å². The first-order valence-electron chi connectivity index (χ1n) is 13.3. The van der Waals surface area contributed by atoms with E-state index in [0.29, 0.717) is 29.0 Å². The molecule has 0 bridgehead atoms. The largest absolute Gasteiger partial charge is 0.339 e. The fourth-order valence-corrected chi connectivity index (χ4v) is 6.04. The maximum absolute atomic E-state index is 14.2. The van der Waals surface area contributed by atoms with Crippen LogP contribution in [0, 0.1) is 17.5 Å². The number of aryl methyl sites for hydroxylation is 1. The minimum Gasteiger partial charge on any atom is -0.339 e. The van der Waals surface area contributed by atoms with Crippen molar-refractivity contribution in [1.82, 2.24) is 29.3 Å². The Morgan fingerprint density at radius 3 is 2.47 bits per heavy atom. The molecule has 1 N–H and O–H groups in total. The van der Waals surface area contributed by atoms with Gasteiger partial charge in [-0.2, -0.15) is 0 Å². The molecule has 0 radical (unpaired) electrons. The Balaban J connectivity index is 1.22. The third-order valence-electron chi connectivity index (χ3n) is 8.25. The molecule has 1 atom stereocenters. The van der Waals surface area contributed by atoms with Crippen molar-refractivity contribution in [3.05, 3.63) is 58.9 Å². The molecule has 2 saturated heterocycles. The Morgan fingerprint density at radius 1 is 1.00 bits per heavy atom. The van der Waals surface area contributed by atoms with Gasteiger partial charge >= 0.3 is 0 Å². The molecule has 10 heteroatoms. The molecule has 4 aromatic rings. The van der Waals surface area contributed by atoms with Gasteiger partial charge in [0.25, 0.3) is 5.91 Å². The van der Waals surface area contributed by atoms with Crippen LogP contribution >= 0.6 is 0 Å². The Bertz CT molecular complexity index is 1510. The molecule has 2 aliphatic rings. The van der Waals surface area contributed by atoms with Crippen molar-refractivity contribution in [3.63, 3.8) is 0 Å². The van der Waals surface area contributed by atoms with Crippen LogP contribution < -0.4 is 0 Å². The molecule has 0 aliphatic carbocycles. The zero-order valence-corrected chi connectivity index (χ0v) is 21.6. The van der Waals surface area contributed by atoms with E-state index < -0.39 is 23.4 Å². The number of H-pyrrole nitrogens is 1. The van der Waals surface area contributed by atoms with Crippen LogP contribution in [0.3, 0.4) is 0 Å². The van der Waals surface area contributed by atoms with Crippen LogP contribution in [-0.4, -0.2) is 67.4 Å². The lowest BCUT2D eigenvalue weighted by molar-refractivity contribution is 0.0590. The highest BCUT2D eigenvalue weighted by Gasteiger charge is 2.29. The number of piperidine rings is 2. The molecule has 200 valence electrons. The molecule has 1 amide bonds. The molecule has 0 saturated carbocycles. The van der Waals surface area contributed by atoms with Crippen molar-refractivity contribution in [2.24, 2.45) is 7.05 Å². The first-order chi connectivity index (χ1) is 18.3. The van der Waals surface area contributed by atoms with Crippen molar-refractivity contribution in [2.75, 3.05) is 26.2 Å². The van der Waals surface area contributed by atoms with Crippen molar-refractivity contribution in [1.29, 1.82) is 0 Å². The highest BCUT2D eigenvalue weighted by molar-refractivity contribution is 5.97. The predicted molar refractivity (Wildman–Crippen MR) is 139 cm³/mol. The summed E-state index contributed by atoms with van der Waals surface area (Å²) in [6.45, 7) is 5.66. The second kappa shape index (κ2) is 9.72. The van der Waals surface area contributed by atoms with Crippen LogP contribution in [0.4, 0.5) is 13.2 Å². The van der Waals surface area contributed by atoms with Crippen molar-refractivity contribution in [2.45, 2.75) is 51.0 Å². The molecule has 4 heterocycles. The standard InChI is InChI=1S/C28H31F3N6O/c1-16(26-33-24-20(30)15-19(29)23(31)25(24)34-26)27-32-21-7-6-17(14-22(21)35(27)2)28(38)37-12-8-18(9-13-37)36-10-4-3-5-11-36/h6-7,14-16,18H,3-5,8-13H2,1-2H3,(H,33,34). The molecule has 2 fully saturated rings. The van der Waals surface area contributed by atoms with Gasteiger partial charge in [0.2, 0.25) is 0 Å². The molecular formula is C28H31F3N6O. The van der Waals surface area contributed by atoms with E-state index >= 15 is 0 Å². The van der Waals surface area contributed by atoms with E-state index in [1.165, 1.54) is 32.4 Å². The number of hydrogen-bond acceptors (Lipinski definition) is 4. The summed E-state index contributed by atoms with van der Waals surface area (Å²) >= 11 is 0. The van der Waals surface area contributed by atoms with Gasteiger partial charge in [-0.05, 0) is 63.9 Å². The molecule has 6 rings (SSSR count). The van der Waals surface area contributed by atoms with Gasteiger partial charge in [-0.25, -0.2) is 23.1 Å². The van der Waals surface area contributed by atoms with Crippen LogP contribution in [0.5, 0.6) is 0 Å². The number of carbonyl (C=O) groups excluding carboxylic acids is 1. The number of hydrogen-bond donors (Lipinski definition) is 1. The third kappa shape index (κ3) is 4.24. The fourth-order valence-electron chi connectivity index (χ4n) is 6.04. The van der Waals surface area contributed by atoms with Gasteiger partial charge in [0.15, 0.2) is 17.5 Å². The lowest BCUT2D eigenvalue weighted by Gasteiger charge is -2.40. The average molecular weight is 525 g/mol. The summed E-state index contributed by atoms with van der Waals surface area (Å²) in [4.78, 5) is 29.5. The maximum Gasteiger partial charge on any atom is 0.253 e. The molecule has 38 heavy (non-hydrogen) atoms. The minimum atomic E-state index is -1.27. The number of benzene rings is 2. The van der Waals surface area contributed by atoms with Gasteiger partial charge in [-0.3, -0.25) is 4.79 Å². The van der Waals surface area contributed by atoms with E-state index in [9.17, 15) is 18.0 Å². The maximum atomic E-state index is 14.2. The summed E-state index contributed by atoms with van der Waals surface area (Å²) in [6, 6.07) is 6.55. The number of amides is 1. The number of likely N-dealkylation sites (tertiary alicyclic amines) is 2. The summed E-state index contributed by atoms with van der Waals surface area (Å²) in [5, 5.41) is 0. The Hall–Kier alpha value is -3.40. The monoisotopic (exact) mass is 524 g/mol. The summed E-state index contributed by atoms with van der Waals surface area (Å²) in [5.74, 6) is -2.93. The topological polar surface area (TPSA) is 70.1 Å². The average Bonchev–Trinajstić information content (AvgIpc) is 3.54. The molecule has 1 unspecified atom stereocenters. The summed E-state index contributed by atoms with van der Waals surface area (Å²) < 4.78 is 44.0. The van der Waals surface area contributed by atoms with Gasteiger partial charge in [0, 0.05) is 37.8 Å². The van der Waals surface area contributed by atoms with E-state index in [4.69, 9.17) is 4.98 Å². The van der Waals surface area contributed by atoms with Crippen LogP contribution in [0.1, 0.15) is 67.0 Å². The number of halogens is 3. The number of carbonyl (C=O) groups is 1. The SMILES string of the molecule is CC(c1nc2c(F)cc(F)c(F)c2[nH]1)c1nc2ccc(C(=O)N3CCC(N4CCCCC4)CC3)cc2n1C. The summed E-state index contributed by atoms with van der Waals surface area (Å²) in [5.41, 5.74) is 1.54. The van der Waals surface area contributed by atoms with Crippen molar-refractivity contribution < 1.29 is 18.0 Å². The summed E-state index contributed by atoms with van der Waals surface area (Å²) in [6.07, 6.45) is 5.87. The molecule has 7 nitrogen and oxygen atoms in total. The third-order valence-corrected chi connectivity index (χ3v) is 8.25. The lowest BCUT2D eigenvalue weighted by Crippen LogP contribution is -2.48. The first kappa shape index (κ1) is 24.9. The highest BCUT2D eigenvalue weighted by Crippen LogP contribution is 2.30. The molecule has 2 aromatic carbocycles. The number of nitrogens with zero attached hydrogens (tertiary/aromatic N) is 5. The minimum absolute atomic E-state index is 0.0186. The Labute approximate surface area is 218 Å². The number of rotatable bonds is 4. The van der Waals surface area contributed by atoms with Gasteiger partial charge in [-0.1, -0.05) is 6.42 Å². The zero-order valence-electron chi connectivity index (χ0n) is 21.6. The van der Waals surface area contributed by atoms with Gasteiger partial charge in [-0.15, -0.1) is 0 Å². The molecule has 2 aromatic heterocycles. The predicted octanol–water partition coefficient (Wildman–Crippen LogP) is 5.11. The van der Waals surface area contributed by atoms with E-state index in [1.807, 2.05) is 35.6 Å². The lowest BCUT2D eigenvalue weighted by atomic mass is 9.99. The number of aromatic nitrogens is 4. The van der Waals surface area contributed by atoms with Crippen LogP contribution in [0.2, 0.25) is 0 Å². The zero-order chi connectivity index (χ0) is 26.6. The highest BCUT2D eigenvalue weighted by atomic mass is 19.2. The van der Waals surface area contributed by atoms with E-state index in [2.05, 4.69) is 14.9 Å². The molecule has 0 spiro atoms. The van der Waals surface area contributed by atoms with E-state index in [1.54, 1.807) is 6.07 Å². The van der Waals surface area contributed by atoms with E-state index in [-0.39, 0.29) is 22.8 Å². The second-order valence-corrected chi connectivity index (χ2v) is 10.6. The number of aromatic amines is 1. The second-order valence-electron chi connectivity index (χ2n) is 10.6. The van der Waals surface area contributed by atoms with Crippen LogP contribution in [0.25, 0.3) is 22.1 Å². The van der Waals surface area contributed by atoms with E-state index in [0.717, 1.165) is 31.4 Å². The quantitative estimate of drug-likeness (QED) is 0.377. The normalized spacial score (nSPS) is 18.5. The van der Waals surface area contributed by atoms with Crippen LogP contribution in [0.15, 0.2) is 24.3 Å². The van der Waals surface area contributed by atoms with Crippen LogP contribution in [-0.2, 0) is 7.05 Å². The summed E-state index contributed by atoms with van der Waals surface area (Å²) in [7, 11) is 1.84. The fraction of sp³-hybridized carbons (Fsp3) is 0.464. The van der Waals surface area contributed by atoms with Gasteiger partial charge in [0.1, 0.15) is 22.7 Å². The smallest absolute Gasteiger partial charge is 0.253 e. The first-order valence-corrected chi connectivity index (χ1v) is 13.3. The Morgan fingerprint density at radius 2 is 1.74 bits per heavy atom. The molecule has 2 aliphatic heterocycles. The Kier molecular flexibility index (Phi) is 6.37. The van der Waals surface area contributed by atoms with Gasteiger partial charge in [0.05, 0.1) is 17.0 Å². The van der Waals surface area contributed by atoms with Crippen molar-refractivity contribution in [3.8, 4) is 0 Å².